The molecule has 292 valence electrons. The number of aryl methyl sites for hydroxylation is 1. The largest absolute Gasteiger partial charge is 0.361 e. The van der Waals surface area contributed by atoms with Gasteiger partial charge in [0.05, 0.1) is 0 Å². The van der Waals surface area contributed by atoms with Gasteiger partial charge in [0.25, 0.3) is 0 Å². The molecule has 3 aromatic carbocycles. The van der Waals surface area contributed by atoms with Gasteiger partial charge in [-0.2, -0.15) is 0 Å². The zero-order chi connectivity index (χ0) is 38.7. The summed E-state index contributed by atoms with van der Waals surface area (Å²) in [5.74, 6) is 0.00262. The van der Waals surface area contributed by atoms with Crippen LogP contribution in [0.3, 0.4) is 0 Å². The number of fused-ring (bicyclic) bond motifs is 1. The van der Waals surface area contributed by atoms with Crippen molar-refractivity contribution in [1.29, 1.82) is 0 Å². The number of hydrogen-bond acceptors (Lipinski definition) is 5. The Morgan fingerprint density at radius 1 is 0.759 bits per heavy atom. The van der Waals surface area contributed by atoms with Crippen LogP contribution in [-0.4, -0.2) is 96.4 Å². The van der Waals surface area contributed by atoms with Gasteiger partial charge in [-0.25, -0.2) is 0 Å². The summed E-state index contributed by atoms with van der Waals surface area (Å²) in [6.07, 6.45) is 14.3. The molecule has 4 aromatic rings. The van der Waals surface area contributed by atoms with Crippen molar-refractivity contribution in [2.75, 3.05) is 41.8 Å². The molecule has 0 aliphatic heterocycles. The number of hydrogen-bond donors (Lipinski definition) is 3. The second-order valence-corrected chi connectivity index (χ2v) is 16.7. The van der Waals surface area contributed by atoms with Gasteiger partial charge in [0.15, 0.2) is 0 Å². The number of amides is 2. The predicted octanol–water partition coefficient (Wildman–Crippen LogP) is 7.29. The lowest BCUT2D eigenvalue weighted by Crippen LogP contribution is -2.52. The first-order valence-corrected chi connectivity index (χ1v) is 20.2. The first-order chi connectivity index (χ1) is 25.9. The molecule has 0 atom stereocenters. The Balaban J connectivity index is 0.000000274. The van der Waals surface area contributed by atoms with E-state index in [1.165, 1.54) is 40.5 Å². The maximum atomic E-state index is 12.7. The molecule has 0 radical (unpaired) electrons. The van der Waals surface area contributed by atoms with Gasteiger partial charge in [0.1, 0.15) is 0 Å². The Hall–Kier alpha value is -3.98. The maximum Gasteiger partial charge on any atom is 0.222 e. The number of likely N-dealkylation sites (N-methyl/N-ethyl adjacent to an activating group) is 3. The Morgan fingerprint density at radius 2 is 1.35 bits per heavy atom. The second kappa shape index (κ2) is 19.1. The van der Waals surface area contributed by atoms with Crippen molar-refractivity contribution in [3.05, 3.63) is 107 Å². The molecule has 2 saturated carbocycles. The van der Waals surface area contributed by atoms with Crippen molar-refractivity contribution >= 4 is 22.7 Å². The second-order valence-electron chi connectivity index (χ2n) is 16.7. The molecule has 6 rings (SSSR count). The van der Waals surface area contributed by atoms with E-state index < -0.39 is 0 Å². The van der Waals surface area contributed by atoms with Gasteiger partial charge in [-0.15, -0.1) is 0 Å². The molecule has 8 heteroatoms. The van der Waals surface area contributed by atoms with Crippen LogP contribution in [0.5, 0.6) is 0 Å². The topological polar surface area (TPSA) is 97.7 Å². The lowest BCUT2D eigenvalue weighted by Gasteiger charge is -2.45. The van der Waals surface area contributed by atoms with E-state index in [0.717, 1.165) is 63.3 Å². The molecule has 0 unspecified atom stereocenters. The number of carbonyl (C=O) groups excluding carboxylic acids is 2. The van der Waals surface area contributed by atoms with E-state index >= 15 is 0 Å². The van der Waals surface area contributed by atoms with Gasteiger partial charge in [0.2, 0.25) is 11.8 Å². The predicted molar refractivity (Wildman–Crippen MR) is 224 cm³/mol. The summed E-state index contributed by atoms with van der Waals surface area (Å²) in [6, 6.07) is 28.4. The number of nitrogens with two attached hydrogens (primary N) is 1. The molecule has 2 aliphatic carbocycles. The van der Waals surface area contributed by atoms with Crippen LogP contribution in [-0.2, 0) is 28.9 Å². The van der Waals surface area contributed by atoms with E-state index in [1.807, 2.05) is 25.4 Å². The third-order valence-electron chi connectivity index (χ3n) is 12.5. The highest BCUT2D eigenvalue weighted by molar-refractivity contribution is 5.84. The molecule has 1 aromatic heterocycles. The molecule has 2 amide bonds. The summed E-state index contributed by atoms with van der Waals surface area (Å²) in [5, 5.41) is 4.41. The average Bonchev–Trinajstić information content (AvgIpc) is 3.58. The van der Waals surface area contributed by atoms with Gasteiger partial charge < -0.3 is 30.7 Å². The van der Waals surface area contributed by atoms with Gasteiger partial charge >= 0.3 is 0 Å². The Morgan fingerprint density at radius 3 is 2.00 bits per heavy atom. The number of benzene rings is 3. The van der Waals surface area contributed by atoms with E-state index in [9.17, 15) is 9.59 Å². The quantitative estimate of drug-likeness (QED) is 0.134. The lowest BCUT2D eigenvalue weighted by molar-refractivity contribution is -0.132. The van der Waals surface area contributed by atoms with Crippen LogP contribution in [0.2, 0.25) is 0 Å². The van der Waals surface area contributed by atoms with Crippen molar-refractivity contribution in [3.63, 3.8) is 0 Å². The summed E-state index contributed by atoms with van der Waals surface area (Å²) < 4.78 is 0. The van der Waals surface area contributed by atoms with Crippen LogP contribution >= 0.6 is 0 Å². The van der Waals surface area contributed by atoms with Crippen molar-refractivity contribution in [3.8, 4) is 0 Å². The Kier molecular flexibility index (Phi) is 14.5. The third kappa shape index (κ3) is 11.0. The highest BCUT2D eigenvalue weighted by Crippen LogP contribution is 2.36. The van der Waals surface area contributed by atoms with Crippen LogP contribution in [0, 0.1) is 6.92 Å². The van der Waals surface area contributed by atoms with E-state index in [0.29, 0.717) is 18.1 Å². The third-order valence-corrected chi connectivity index (χ3v) is 12.5. The number of nitrogens with one attached hydrogen (secondary N) is 2. The minimum atomic E-state index is -0.0144. The number of H-pyrrole nitrogens is 1. The number of aromatic amines is 1. The number of nitrogens with zero attached hydrogens (tertiary/aromatic N) is 3. The molecule has 2 aliphatic rings. The summed E-state index contributed by atoms with van der Waals surface area (Å²) in [7, 11) is 10.6. The molecule has 0 bridgehead atoms. The van der Waals surface area contributed by atoms with Crippen LogP contribution < -0.4 is 11.1 Å². The van der Waals surface area contributed by atoms with E-state index in [1.54, 1.807) is 4.90 Å². The molecule has 4 N–H and O–H groups in total. The summed E-state index contributed by atoms with van der Waals surface area (Å²) in [6.45, 7) is 2.78. The van der Waals surface area contributed by atoms with Crippen molar-refractivity contribution in [1.82, 2.24) is 25.0 Å². The van der Waals surface area contributed by atoms with E-state index in [2.05, 4.69) is 122 Å². The van der Waals surface area contributed by atoms with Gasteiger partial charge in [-0.05, 0) is 129 Å². The van der Waals surface area contributed by atoms with Crippen LogP contribution in [0.4, 0.5) is 0 Å². The fourth-order valence-corrected chi connectivity index (χ4v) is 8.68. The van der Waals surface area contributed by atoms with Crippen LogP contribution in [0.15, 0.2) is 85.1 Å². The Labute approximate surface area is 324 Å². The molecular formula is C46H66N6O2. The highest BCUT2D eigenvalue weighted by atomic mass is 16.2. The minimum Gasteiger partial charge on any atom is -0.361 e. The van der Waals surface area contributed by atoms with Crippen LogP contribution in [0.1, 0.15) is 86.5 Å². The fourth-order valence-electron chi connectivity index (χ4n) is 8.68. The normalized spacial score (nSPS) is 22.8. The zero-order valence-electron chi connectivity index (χ0n) is 33.9. The van der Waals surface area contributed by atoms with E-state index in [4.69, 9.17) is 5.73 Å². The number of carbonyl (C=O) groups is 2. The molecule has 8 nitrogen and oxygen atoms in total. The monoisotopic (exact) mass is 735 g/mol. The molecular weight excluding hydrogens is 669 g/mol. The first kappa shape index (κ1) is 41.2. The smallest absolute Gasteiger partial charge is 0.222 e. The molecule has 0 spiro atoms. The first-order valence-electron chi connectivity index (χ1n) is 20.2. The SMILES string of the molecule is CN(C)C1(Cc2ccccc2)CCC(N)CC1.Cc1cccc(CC2(N(C)C)CCC(NC(=O)CCC(=O)N(C)CCc3c[nH]c4ccccc34)CC2)c1. The molecule has 54 heavy (non-hydrogen) atoms. The van der Waals surface area contributed by atoms with Gasteiger partial charge in [-0.3, -0.25) is 9.59 Å². The highest BCUT2D eigenvalue weighted by Gasteiger charge is 2.38. The van der Waals surface area contributed by atoms with Crippen molar-refractivity contribution in [2.24, 2.45) is 5.73 Å². The minimum absolute atomic E-state index is 0.0144. The lowest BCUT2D eigenvalue weighted by atomic mass is 9.74. The van der Waals surface area contributed by atoms with Crippen LogP contribution in [0.25, 0.3) is 10.9 Å². The molecule has 0 saturated heterocycles. The Bertz CT molecular complexity index is 1770. The number of para-hydroxylation sites is 1. The fraction of sp³-hybridized carbons (Fsp3) is 0.522. The standard InChI is InChI=1S/C31H42N4O2.C15H24N2/c1-23-8-7-9-24(20-23)21-31(34(2)3)17-14-26(15-18-31)33-29(36)12-13-30(37)35(4)19-16-25-22-32-28-11-6-5-10-27(25)28;1-17(2)15(10-8-14(16)9-11-15)12-13-6-4-3-5-7-13/h5-11,20,22,26,32H,12-19,21H2,1-4H3,(H,33,36);3-7,14H,8-12,16H2,1-2H3. The van der Waals surface area contributed by atoms with Crippen molar-refractivity contribution in [2.45, 2.75) is 114 Å². The zero-order valence-corrected chi connectivity index (χ0v) is 33.9. The van der Waals surface area contributed by atoms with E-state index in [-0.39, 0.29) is 36.2 Å². The average molecular weight is 735 g/mol. The van der Waals surface area contributed by atoms with Gasteiger partial charge in [-0.1, -0.05) is 78.4 Å². The molecule has 1 heterocycles. The summed E-state index contributed by atoms with van der Waals surface area (Å²) in [5.41, 5.74) is 12.9. The number of rotatable bonds is 13. The number of aromatic nitrogens is 1. The summed E-state index contributed by atoms with van der Waals surface area (Å²) >= 11 is 0. The maximum absolute atomic E-state index is 12.7. The van der Waals surface area contributed by atoms with Crippen molar-refractivity contribution < 1.29 is 9.59 Å². The van der Waals surface area contributed by atoms with Gasteiger partial charge in [0, 0.05) is 66.7 Å². The summed E-state index contributed by atoms with van der Waals surface area (Å²) in [4.78, 5) is 35.1. The molecule has 2 fully saturated rings.